The zero-order valence-corrected chi connectivity index (χ0v) is 14.5. The van der Waals surface area contributed by atoms with Crippen molar-refractivity contribution in [2.75, 3.05) is 36.4 Å². The number of urea groups is 1. The van der Waals surface area contributed by atoms with Gasteiger partial charge < -0.3 is 15.1 Å². The van der Waals surface area contributed by atoms with Gasteiger partial charge in [0, 0.05) is 38.1 Å². The van der Waals surface area contributed by atoms with Crippen molar-refractivity contribution in [1.29, 1.82) is 0 Å². The fourth-order valence-electron chi connectivity index (χ4n) is 2.79. The van der Waals surface area contributed by atoms with Crippen molar-refractivity contribution in [3.8, 4) is 0 Å². The van der Waals surface area contributed by atoms with E-state index in [4.69, 9.17) is 11.6 Å². The molecule has 1 aliphatic heterocycles. The van der Waals surface area contributed by atoms with Gasteiger partial charge in [0.2, 0.25) is 5.28 Å². The molecule has 2 aromatic rings. The van der Waals surface area contributed by atoms with Gasteiger partial charge in [-0.25, -0.2) is 14.8 Å². The van der Waals surface area contributed by atoms with E-state index in [-0.39, 0.29) is 11.3 Å². The smallest absolute Gasteiger partial charge is 0.321 e. The van der Waals surface area contributed by atoms with Crippen LogP contribution >= 0.6 is 11.6 Å². The van der Waals surface area contributed by atoms with Crippen LogP contribution < -0.4 is 10.2 Å². The molecular formula is C17H20ClN5O. The minimum Gasteiger partial charge on any atom is -0.353 e. The number of halogens is 1. The molecule has 0 spiro atoms. The first-order valence-electron chi connectivity index (χ1n) is 7.89. The fourth-order valence-corrected chi connectivity index (χ4v) is 2.93. The molecule has 1 aromatic heterocycles. The van der Waals surface area contributed by atoms with Crippen LogP contribution in [0.3, 0.4) is 0 Å². The first-order chi connectivity index (χ1) is 11.5. The molecule has 1 N–H and O–H groups in total. The lowest BCUT2D eigenvalue weighted by atomic mass is 10.1. The normalized spacial score (nSPS) is 14.6. The molecule has 0 atom stereocenters. The average molecular weight is 346 g/mol. The second kappa shape index (κ2) is 7.05. The van der Waals surface area contributed by atoms with Gasteiger partial charge in [-0.05, 0) is 43.1 Å². The molecule has 1 aliphatic rings. The molecule has 0 radical (unpaired) electrons. The number of aromatic nitrogens is 2. The highest BCUT2D eigenvalue weighted by atomic mass is 35.5. The number of amides is 2. The standard InChI is InChI=1S/C17H20ClN5O/c1-12-3-4-14(13(2)11-12)20-17(24)23-9-7-22(8-10-23)15-5-6-19-16(18)21-15/h3-6,11H,7-10H2,1-2H3,(H,20,24). The van der Waals surface area contributed by atoms with E-state index in [9.17, 15) is 4.79 Å². The van der Waals surface area contributed by atoms with Crippen molar-refractivity contribution in [1.82, 2.24) is 14.9 Å². The maximum absolute atomic E-state index is 12.5. The van der Waals surface area contributed by atoms with E-state index < -0.39 is 0 Å². The zero-order chi connectivity index (χ0) is 17.1. The Kier molecular flexibility index (Phi) is 4.85. The number of nitrogens with one attached hydrogen (secondary N) is 1. The maximum atomic E-state index is 12.5. The summed E-state index contributed by atoms with van der Waals surface area (Å²) >= 11 is 5.84. The second-order valence-corrected chi connectivity index (χ2v) is 6.24. The minimum atomic E-state index is -0.0673. The molecule has 126 valence electrons. The lowest BCUT2D eigenvalue weighted by Crippen LogP contribution is -2.50. The molecule has 1 saturated heterocycles. The van der Waals surface area contributed by atoms with Gasteiger partial charge in [0.15, 0.2) is 0 Å². The van der Waals surface area contributed by atoms with E-state index in [0.29, 0.717) is 26.2 Å². The predicted octanol–water partition coefficient (Wildman–Crippen LogP) is 3.10. The third-order valence-electron chi connectivity index (χ3n) is 4.13. The Hall–Kier alpha value is -2.34. The van der Waals surface area contributed by atoms with Crippen LogP contribution in [0.5, 0.6) is 0 Å². The Bertz CT molecular complexity index is 744. The van der Waals surface area contributed by atoms with Crippen LogP contribution in [0.1, 0.15) is 11.1 Å². The number of benzene rings is 1. The van der Waals surface area contributed by atoms with E-state index in [1.165, 1.54) is 5.56 Å². The molecule has 1 fully saturated rings. The number of carbonyl (C=O) groups excluding carboxylic acids is 1. The zero-order valence-electron chi connectivity index (χ0n) is 13.8. The predicted molar refractivity (Wildman–Crippen MR) is 95.8 cm³/mol. The van der Waals surface area contributed by atoms with Crippen molar-refractivity contribution < 1.29 is 4.79 Å². The van der Waals surface area contributed by atoms with Gasteiger partial charge in [-0.1, -0.05) is 17.7 Å². The molecule has 2 amide bonds. The number of rotatable bonds is 2. The van der Waals surface area contributed by atoms with Crippen molar-refractivity contribution in [3.05, 3.63) is 46.9 Å². The summed E-state index contributed by atoms with van der Waals surface area (Å²) in [5.41, 5.74) is 3.11. The molecule has 6 nitrogen and oxygen atoms in total. The van der Waals surface area contributed by atoms with Crippen molar-refractivity contribution in [3.63, 3.8) is 0 Å². The quantitative estimate of drug-likeness (QED) is 0.850. The lowest BCUT2D eigenvalue weighted by Gasteiger charge is -2.35. The number of hydrogen-bond acceptors (Lipinski definition) is 4. The Morgan fingerprint density at radius 3 is 2.58 bits per heavy atom. The minimum absolute atomic E-state index is 0.0673. The molecule has 0 saturated carbocycles. The average Bonchev–Trinajstić information content (AvgIpc) is 2.57. The highest BCUT2D eigenvalue weighted by molar-refractivity contribution is 6.28. The third kappa shape index (κ3) is 3.76. The SMILES string of the molecule is Cc1ccc(NC(=O)N2CCN(c3ccnc(Cl)n3)CC2)c(C)c1. The van der Waals surface area contributed by atoms with E-state index in [1.807, 2.05) is 36.9 Å². The van der Waals surface area contributed by atoms with Gasteiger partial charge in [-0.2, -0.15) is 0 Å². The highest BCUT2D eigenvalue weighted by Crippen LogP contribution is 2.18. The summed E-state index contributed by atoms with van der Waals surface area (Å²) in [5.74, 6) is 0.796. The summed E-state index contributed by atoms with van der Waals surface area (Å²) in [6, 6.07) is 7.77. The molecule has 2 heterocycles. The number of carbonyl (C=O) groups is 1. The molecule has 0 unspecified atom stereocenters. The van der Waals surface area contributed by atoms with Crippen LogP contribution in [0.25, 0.3) is 0 Å². The van der Waals surface area contributed by atoms with E-state index in [1.54, 1.807) is 6.20 Å². The topological polar surface area (TPSA) is 61.4 Å². The van der Waals surface area contributed by atoms with Crippen LogP contribution in [0.15, 0.2) is 30.5 Å². The summed E-state index contributed by atoms with van der Waals surface area (Å²) < 4.78 is 0. The molecule has 0 aliphatic carbocycles. The maximum Gasteiger partial charge on any atom is 0.321 e. The highest BCUT2D eigenvalue weighted by Gasteiger charge is 2.22. The largest absolute Gasteiger partial charge is 0.353 e. The van der Waals surface area contributed by atoms with E-state index in [2.05, 4.69) is 26.3 Å². The van der Waals surface area contributed by atoms with Gasteiger partial charge in [-0.3, -0.25) is 0 Å². The van der Waals surface area contributed by atoms with Gasteiger partial charge in [0.25, 0.3) is 0 Å². The van der Waals surface area contributed by atoms with Crippen molar-refractivity contribution >= 4 is 29.1 Å². The van der Waals surface area contributed by atoms with E-state index in [0.717, 1.165) is 17.1 Å². The first kappa shape index (κ1) is 16.5. The lowest BCUT2D eigenvalue weighted by molar-refractivity contribution is 0.208. The van der Waals surface area contributed by atoms with Gasteiger partial charge in [0.1, 0.15) is 5.82 Å². The Labute approximate surface area is 146 Å². The Morgan fingerprint density at radius 1 is 1.17 bits per heavy atom. The number of anilines is 2. The van der Waals surface area contributed by atoms with Crippen molar-refractivity contribution in [2.45, 2.75) is 13.8 Å². The summed E-state index contributed by atoms with van der Waals surface area (Å²) in [7, 11) is 0. The van der Waals surface area contributed by atoms with Gasteiger partial charge in [0.05, 0.1) is 0 Å². The molecular weight excluding hydrogens is 326 g/mol. The number of hydrogen-bond donors (Lipinski definition) is 1. The number of aryl methyl sites for hydroxylation is 2. The van der Waals surface area contributed by atoms with Gasteiger partial charge in [-0.15, -0.1) is 0 Å². The number of piperazine rings is 1. The van der Waals surface area contributed by atoms with Crippen LogP contribution in [0, 0.1) is 13.8 Å². The van der Waals surface area contributed by atoms with Crippen LogP contribution in [-0.2, 0) is 0 Å². The summed E-state index contributed by atoms with van der Waals surface area (Å²) in [5, 5.41) is 3.23. The summed E-state index contributed by atoms with van der Waals surface area (Å²) in [6.07, 6.45) is 1.64. The van der Waals surface area contributed by atoms with Crippen molar-refractivity contribution in [2.24, 2.45) is 0 Å². The molecule has 3 rings (SSSR count). The summed E-state index contributed by atoms with van der Waals surface area (Å²) in [6.45, 7) is 6.74. The third-order valence-corrected chi connectivity index (χ3v) is 4.31. The Balaban J connectivity index is 1.59. The Morgan fingerprint density at radius 2 is 1.92 bits per heavy atom. The summed E-state index contributed by atoms with van der Waals surface area (Å²) in [4.78, 5) is 24.5. The van der Waals surface area contributed by atoms with E-state index >= 15 is 0 Å². The monoisotopic (exact) mass is 345 g/mol. The molecule has 24 heavy (non-hydrogen) atoms. The second-order valence-electron chi connectivity index (χ2n) is 5.91. The molecule has 0 bridgehead atoms. The number of nitrogens with zero attached hydrogens (tertiary/aromatic N) is 4. The van der Waals surface area contributed by atoms with Crippen LogP contribution in [0.2, 0.25) is 5.28 Å². The van der Waals surface area contributed by atoms with Crippen LogP contribution in [-0.4, -0.2) is 47.1 Å². The first-order valence-corrected chi connectivity index (χ1v) is 8.27. The molecule has 1 aromatic carbocycles. The van der Waals surface area contributed by atoms with Crippen LogP contribution in [0.4, 0.5) is 16.3 Å². The van der Waals surface area contributed by atoms with Gasteiger partial charge >= 0.3 is 6.03 Å². The molecule has 7 heteroatoms. The fraction of sp³-hybridized carbons (Fsp3) is 0.353.